The molecule has 2 nitrogen and oxygen atoms in total. The van der Waals surface area contributed by atoms with Gasteiger partial charge in [0.25, 0.3) is 0 Å². The van der Waals surface area contributed by atoms with Gasteiger partial charge in [-0.3, -0.25) is 0 Å². The van der Waals surface area contributed by atoms with E-state index in [9.17, 15) is 5.11 Å². The Kier molecular flexibility index (Phi) is 4.34. The molecule has 2 N–H and O–H groups in total. The van der Waals surface area contributed by atoms with Crippen molar-refractivity contribution < 1.29 is 5.11 Å². The maximum atomic E-state index is 10.3. The highest BCUT2D eigenvalue weighted by Crippen LogP contribution is 2.23. The van der Waals surface area contributed by atoms with Gasteiger partial charge in [0.15, 0.2) is 0 Å². The van der Waals surface area contributed by atoms with Crippen LogP contribution in [0.3, 0.4) is 0 Å². The quantitative estimate of drug-likeness (QED) is 0.844. The molecular weight excluding hydrogens is 210 g/mol. The first-order valence-electron chi connectivity index (χ1n) is 6.21. The third-order valence-corrected chi connectivity index (χ3v) is 2.90. The summed E-state index contributed by atoms with van der Waals surface area (Å²) in [6, 6.07) is 4.26. The lowest BCUT2D eigenvalue weighted by Gasteiger charge is -2.24. The molecule has 0 aliphatic heterocycles. The summed E-state index contributed by atoms with van der Waals surface area (Å²) in [6.07, 6.45) is -0.435. The standard InChI is InChI=1S/C15H25NO/c1-10-7-11(2)14(12(3)8-10)13(17)9-16-15(4,5)6/h7-8,13,16-17H,9H2,1-6H3. The maximum Gasteiger partial charge on any atom is 0.0919 e. The fraction of sp³-hybridized carbons (Fsp3) is 0.600. The summed E-state index contributed by atoms with van der Waals surface area (Å²) in [4.78, 5) is 0. The van der Waals surface area contributed by atoms with Crippen LogP contribution in [0.25, 0.3) is 0 Å². The lowest BCUT2D eigenvalue weighted by molar-refractivity contribution is 0.162. The van der Waals surface area contributed by atoms with Crippen molar-refractivity contribution in [1.29, 1.82) is 0 Å². The average molecular weight is 235 g/mol. The normalized spacial score (nSPS) is 13.8. The van der Waals surface area contributed by atoms with E-state index in [1.165, 1.54) is 16.7 Å². The number of β-amino-alcohol motifs (C(OH)–C–C–N with tert-alkyl or cyclic N) is 1. The van der Waals surface area contributed by atoms with Crippen LogP contribution in [0.5, 0.6) is 0 Å². The third-order valence-electron chi connectivity index (χ3n) is 2.90. The highest BCUT2D eigenvalue weighted by atomic mass is 16.3. The minimum absolute atomic E-state index is 0.0352. The topological polar surface area (TPSA) is 32.3 Å². The monoisotopic (exact) mass is 235 g/mol. The Morgan fingerprint density at radius 2 is 1.59 bits per heavy atom. The molecule has 1 unspecified atom stereocenters. The molecule has 0 amide bonds. The Morgan fingerprint density at radius 3 is 2.00 bits per heavy atom. The minimum Gasteiger partial charge on any atom is -0.387 e. The smallest absolute Gasteiger partial charge is 0.0919 e. The summed E-state index contributed by atoms with van der Waals surface area (Å²) in [5.41, 5.74) is 4.69. The first kappa shape index (κ1) is 14.2. The largest absolute Gasteiger partial charge is 0.387 e. The van der Waals surface area contributed by atoms with Crippen LogP contribution in [0, 0.1) is 20.8 Å². The zero-order chi connectivity index (χ0) is 13.2. The summed E-state index contributed by atoms with van der Waals surface area (Å²) in [6.45, 7) is 13.1. The van der Waals surface area contributed by atoms with Gasteiger partial charge >= 0.3 is 0 Å². The number of aliphatic hydroxyl groups is 1. The van der Waals surface area contributed by atoms with Gasteiger partial charge in [0, 0.05) is 12.1 Å². The summed E-state index contributed by atoms with van der Waals surface area (Å²) < 4.78 is 0. The van der Waals surface area contributed by atoms with E-state index in [1.807, 2.05) is 0 Å². The van der Waals surface area contributed by atoms with E-state index >= 15 is 0 Å². The van der Waals surface area contributed by atoms with Crippen LogP contribution < -0.4 is 5.32 Å². The number of rotatable bonds is 3. The molecule has 0 fully saturated rings. The Balaban J connectivity index is 2.86. The molecule has 0 heterocycles. The molecule has 0 aliphatic carbocycles. The van der Waals surface area contributed by atoms with E-state index in [0.29, 0.717) is 6.54 Å². The van der Waals surface area contributed by atoms with E-state index in [-0.39, 0.29) is 5.54 Å². The first-order valence-corrected chi connectivity index (χ1v) is 6.21. The van der Waals surface area contributed by atoms with Crippen LogP contribution >= 0.6 is 0 Å². The second-order valence-electron chi connectivity index (χ2n) is 5.96. The van der Waals surface area contributed by atoms with Crippen LogP contribution in [0.2, 0.25) is 0 Å². The van der Waals surface area contributed by atoms with E-state index in [4.69, 9.17) is 0 Å². The van der Waals surface area contributed by atoms with Crippen molar-refractivity contribution in [2.75, 3.05) is 6.54 Å². The Hall–Kier alpha value is -0.860. The minimum atomic E-state index is -0.435. The predicted octanol–water partition coefficient (Wildman–Crippen LogP) is 3.03. The molecule has 1 aromatic carbocycles. The summed E-state index contributed by atoms with van der Waals surface area (Å²) in [5, 5.41) is 13.6. The molecule has 0 bridgehead atoms. The van der Waals surface area contributed by atoms with Gasteiger partial charge in [0.1, 0.15) is 0 Å². The number of aryl methyl sites for hydroxylation is 3. The molecule has 1 rings (SSSR count). The Bertz CT molecular complexity index is 367. The van der Waals surface area contributed by atoms with Crippen molar-refractivity contribution in [3.63, 3.8) is 0 Å². The van der Waals surface area contributed by atoms with E-state index in [1.54, 1.807) is 0 Å². The zero-order valence-corrected chi connectivity index (χ0v) is 11.9. The number of nitrogens with one attached hydrogen (secondary N) is 1. The number of hydrogen-bond acceptors (Lipinski definition) is 2. The molecule has 0 aliphatic rings. The van der Waals surface area contributed by atoms with Crippen molar-refractivity contribution in [3.05, 3.63) is 34.4 Å². The van der Waals surface area contributed by atoms with E-state index in [2.05, 4.69) is 59.0 Å². The number of hydrogen-bond donors (Lipinski definition) is 2. The lowest BCUT2D eigenvalue weighted by Crippen LogP contribution is -2.38. The van der Waals surface area contributed by atoms with Gasteiger partial charge in [-0.15, -0.1) is 0 Å². The van der Waals surface area contributed by atoms with Crippen LogP contribution in [0.15, 0.2) is 12.1 Å². The van der Waals surface area contributed by atoms with Gasteiger partial charge in [-0.2, -0.15) is 0 Å². The van der Waals surface area contributed by atoms with Crippen LogP contribution in [0.1, 0.15) is 49.1 Å². The highest BCUT2D eigenvalue weighted by Gasteiger charge is 2.16. The third kappa shape index (κ3) is 4.14. The molecule has 0 radical (unpaired) electrons. The van der Waals surface area contributed by atoms with Gasteiger partial charge in [0.2, 0.25) is 0 Å². The molecule has 1 aromatic rings. The lowest BCUT2D eigenvalue weighted by atomic mass is 9.95. The van der Waals surface area contributed by atoms with Gasteiger partial charge < -0.3 is 10.4 Å². The molecule has 96 valence electrons. The van der Waals surface area contributed by atoms with Crippen molar-refractivity contribution in [1.82, 2.24) is 5.32 Å². The van der Waals surface area contributed by atoms with Crippen molar-refractivity contribution in [3.8, 4) is 0 Å². The predicted molar refractivity (Wildman–Crippen MR) is 73.4 cm³/mol. The fourth-order valence-electron chi connectivity index (χ4n) is 2.22. The van der Waals surface area contributed by atoms with Crippen LogP contribution in [-0.2, 0) is 0 Å². The first-order chi connectivity index (χ1) is 7.70. The maximum absolute atomic E-state index is 10.3. The van der Waals surface area contributed by atoms with Crippen LogP contribution in [-0.4, -0.2) is 17.2 Å². The van der Waals surface area contributed by atoms with Crippen LogP contribution in [0.4, 0.5) is 0 Å². The molecule has 1 atom stereocenters. The fourth-order valence-corrected chi connectivity index (χ4v) is 2.22. The second-order valence-corrected chi connectivity index (χ2v) is 5.96. The molecule has 17 heavy (non-hydrogen) atoms. The molecular formula is C15H25NO. The summed E-state index contributed by atoms with van der Waals surface area (Å²) in [5.74, 6) is 0. The molecule has 0 aromatic heterocycles. The van der Waals surface area contributed by atoms with E-state index in [0.717, 1.165) is 5.56 Å². The summed E-state index contributed by atoms with van der Waals surface area (Å²) >= 11 is 0. The molecule has 0 spiro atoms. The van der Waals surface area contributed by atoms with Gasteiger partial charge in [-0.05, 0) is 58.2 Å². The molecule has 0 saturated carbocycles. The average Bonchev–Trinajstić information content (AvgIpc) is 2.11. The van der Waals surface area contributed by atoms with E-state index < -0.39 is 6.10 Å². The van der Waals surface area contributed by atoms with Gasteiger partial charge in [-0.25, -0.2) is 0 Å². The van der Waals surface area contributed by atoms with Crippen molar-refractivity contribution >= 4 is 0 Å². The van der Waals surface area contributed by atoms with Gasteiger partial charge in [-0.1, -0.05) is 17.7 Å². The summed E-state index contributed by atoms with van der Waals surface area (Å²) in [7, 11) is 0. The molecule has 2 heteroatoms. The van der Waals surface area contributed by atoms with Crippen molar-refractivity contribution in [2.24, 2.45) is 0 Å². The molecule has 0 saturated heterocycles. The second kappa shape index (κ2) is 5.19. The Labute approximate surface area is 105 Å². The zero-order valence-electron chi connectivity index (χ0n) is 11.9. The SMILES string of the molecule is Cc1cc(C)c(C(O)CNC(C)(C)C)c(C)c1. The number of aliphatic hydroxyl groups excluding tert-OH is 1. The van der Waals surface area contributed by atoms with Crippen molar-refractivity contribution in [2.45, 2.75) is 53.2 Å². The Morgan fingerprint density at radius 1 is 1.12 bits per heavy atom. The number of benzene rings is 1. The highest BCUT2D eigenvalue weighted by molar-refractivity contribution is 5.39. The van der Waals surface area contributed by atoms with Gasteiger partial charge in [0.05, 0.1) is 6.10 Å².